The standard InChI is InChI=1S/C13H17ClN2O2S/c1-16-4-5-17-10(7-16)8-18-12-6-9(14)2-3-11(12)13(15)19/h2-3,6,10H,4-5,7-8H2,1H3,(H2,15,19). The number of hydrogen-bond acceptors (Lipinski definition) is 4. The summed E-state index contributed by atoms with van der Waals surface area (Å²) in [4.78, 5) is 2.51. The summed E-state index contributed by atoms with van der Waals surface area (Å²) in [5.74, 6) is 0.608. The molecule has 0 amide bonds. The van der Waals surface area contributed by atoms with Crippen LogP contribution in [0.2, 0.25) is 5.02 Å². The second-order valence-electron chi connectivity index (χ2n) is 4.57. The van der Waals surface area contributed by atoms with Crippen molar-refractivity contribution in [3.63, 3.8) is 0 Å². The van der Waals surface area contributed by atoms with Crippen LogP contribution in [0.3, 0.4) is 0 Å². The summed E-state index contributed by atoms with van der Waals surface area (Å²) < 4.78 is 11.4. The Morgan fingerprint density at radius 3 is 3.11 bits per heavy atom. The van der Waals surface area contributed by atoms with E-state index in [4.69, 9.17) is 39.0 Å². The number of morpholine rings is 1. The number of nitrogens with zero attached hydrogens (tertiary/aromatic N) is 1. The third-order valence-corrected chi connectivity index (χ3v) is 3.43. The van der Waals surface area contributed by atoms with Gasteiger partial charge in [-0.05, 0) is 25.2 Å². The summed E-state index contributed by atoms with van der Waals surface area (Å²) in [6.07, 6.45) is 0.0527. The zero-order valence-electron chi connectivity index (χ0n) is 10.8. The van der Waals surface area contributed by atoms with Crippen LogP contribution in [0.15, 0.2) is 18.2 Å². The summed E-state index contributed by atoms with van der Waals surface area (Å²) >= 11 is 11.0. The molecule has 104 valence electrons. The summed E-state index contributed by atoms with van der Waals surface area (Å²) in [5, 5.41) is 0.594. The average molecular weight is 301 g/mol. The van der Waals surface area contributed by atoms with E-state index in [9.17, 15) is 0 Å². The van der Waals surface area contributed by atoms with E-state index in [-0.39, 0.29) is 6.10 Å². The first-order valence-electron chi connectivity index (χ1n) is 6.08. The maximum Gasteiger partial charge on any atom is 0.131 e. The van der Waals surface area contributed by atoms with Crippen LogP contribution in [-0.4, -0.2) is 49.3 Å². The van der Waals surface area contributed by atoms with Gasteiger partial charge in [-0.3, -0.25) is 0 Å². The van der Waals surface area contributed by atoms with E-state index in [2.05, 4.69) is 11.9 Å². The van der Waals surface area contributed by atoms with Gasteiger partial charge in [0.25, 0.3) is 0 Å². The quantitative estimate of drug-likeness (QED) is 0.858. The molecule has 1 aliphatic rings. The van der Waals surface area contributed by atoms with E-state index in [1.165, 1.54) is 0 Å². The fourth-order valence-corrected chi connectivity index (χ4v) is 2.30. The van der Waals surface area contributed by atoms with Gasteiger partial charge < -0.3 is 20.1 Å². The van der Waals surface area contributed by atoms with Crippen molar-refractivity contribution in [1.82, 2.24) is 4.90 Å². The van der Waals surface area contributed by atoms with Crippen molar-refractivity contribution in [1.29, 1.82) is 0 Å². The summed E-state index contributed by atoms with van der Waals surface area (Å²) in [7, 11) is 2.06. The molecule has 0 radical (unpaired) electrons. The van der Waals surface area contributed by atoms with E-state index in [1.807, 2.05) is 0 Å². The molecule has 1 heterocycles. The van der Waals surface area contributed by atoms with Gasteiger partial charge in [-0.25, -0.2) is 0 Å². The van der Waals surface area contributed by atoms with Gasteiger partial charge in [0.2, 0.25) is 0 Å². The van der Waals surface area contributed by atoms with Gasteiger partial charge in [0.1, 0.15) is 23.4 Å². The van der Waals surface area contributed by atoms with Crippen LogP contribution >= 0.6 is 23.8 Å². The van der Waals surface area contributed by atoms with Crippen molar-refractivity contribution in [3.8, 4) is 5.75 Å². The fourth-order valence-electron chi connectivity index (χ4n) is 1.97. The molecule has 4 nitrogen and oxygen atoms in total. The Kier molecular flexibility index (Phi) is 4.99. The lowest BCUT2D eigenvalue weighted by Gasteiger charge is -2.30. The lowest BCUT2D eigenvalue weighted by Crippen LogP contribution is -2.42. The van der Waals surface area contributed by atoms with Crippen molar-refractivity contribution in [2.75, 3.05) is 33.4 Å². The van der Waals surface area contributed by atoms with Crippen LogP contribution in [-0.2, 0) is 4.74 Å². The number of nitrogens with two attached hydrogens (primary N) is 1. The Hall–Kier alpha value is -0.880. The second-order valence-corrected chi connectivity index (χ2v) is 5.45. The molecule has 0 spiro atoms. The lowest BCUT2D eigenvalue weighted by atomic mass is 10.2. The van der Waals surface area contributed by atoms with E-state index < -0.39 is 0 Å². The summed E-state index contributed by atoms with van der Waals surface area (Å²) in [6.45, 7) is 2.98. The molecule has 2 N–H and O–H groups in total. The molecule has 1 aromatic carbocycles. The number of thiocarbonyl (C=S) groups is 1. The molecule has 0 bridgehead atoms. The van der Waals surface area contributed by atoms with Crippen LogP contribution in [0, 0.1) is 0 Å². The monoisotopic (exact) mass is 300 g/mol. The first kappa shape index (κ1) is 14.5. The fraction of sp³-hybridized carbons (Fsp3) is 0.462. The Morgan fingerprint density at radius 2 is 2.42 bits per heavy atom. The molecule has 0 saturated carbocycles. The van der Waals surface area contributed by atoms with Crippen molar-refractivity contribution in [2.45, 2.75) is 6.10 Å². The van der Waals surface area contributed by atoms with E-state index >= 15 is 0 Å². The van der Waals surface area contributed by atoms with Crippen molar-refractivity contribution < 1.29 is 9.47 Å². The molecule has 0 aliphatic carbocycles. The normalized spacial score (nSPS) is 20.2. The second kappa shape index (κ2) is 6.52. The van der Waals surface area contributed by atoms with Gasteiger partial charge in [-0.1, -0.05) is 23.8 Å². The molecule has 1 aromatic rings. The van der Waals surface area contributed by atoms with Crippen LogP contribution in [0.25, 0.3) is 0 Å². The largest absolute Gasteiger partial charge is 0.490 e. The highest BCUT2D eigenvalue weighted by molar-refractivity contribution is 7.80. The number of rotatable bonds is 4. The number of halogens is 1. The zero-order valence-corrected chi connectivity index (χ0v) is 12.3. The number of benzene rings is 1. The van der Waals surface area contributed by atoms with Crippen molar-refractivity contribution >= 4 is 28.8 Å². The summed E-state index contributed by atoms with van der Waals surface area (Å²) in [6, 6.07) is 5.24. The maximum absolute atomic E-state index is 5.96. The van der Waals surface area contributed by atoms with E-state index in [1.54, 1.807) is 18.2 Å². The highest BCUT2D eigenvalue weighted by Crippen LogP contribution is 2.24. The molecule has 1 atom stereocenters. The van der Waals surface area contributed by atoms with E-state index in [0.717, 1.165) is 19.7 Å². The molecular weight excluding hydrogens is 284 g/mol. The third-order valence-electron chi connectivity index (χ3n) is 2.98. The number of hydrogen-bond donors (Lipinski definition) is 1. The van der Waals surface area contributed by atoms with Crippen LogP contribution in [0.5, 0.6) is 5.75 Å². The molecule has 1 aliphatic heterocycles. The van der Waals surface area contributed by atoms with Gasteiger partial charge in [0.05, 0.1) is 12.2 Å². The molecule has 19 heavy (non-hydrogen) atoms. The lowest BCUT2D eigenvalue weighted by molar-refractivity contribution is -0.0403. The SMILES string of the molecule is CN1CCOC(COc2cc(Cl)ccc2C(N)=S)C1. The highest BCUT2D eigenvalue weighted by atomic mass is 35.5. The minimum atomic E-state index is 0.0527. The Morgan fingerprint density at radius 1 is 1.63 bits per heavy atom. The van der Waals surface area contributed by atoms with Gasteiger partial charge >= 0.3 is 0 Å². The molecule has 0 aromatic heterocycles. The zero-order chi connectivity index (χ0) is 13.8. The number of likely N-dealkylation sites (N-methyl/N-ethyl adjacent to an activating group) is 1. The molecule has 2 rings (SSSR count). The minimum Gasteiger partial charge on any atom is -0.490 e. The summed E-state index contributed by atoms with van der Waals surface area (Å²) in [5.41, 5.74) is 6.36. The highest BCUT2D eigenvalue weighted by Gasteiger charge is 2.19. The molecule has 6 heteroatoms. The predicted molar refractivity (Wildman–Crippen MR) is 80.1 cm³/mol. The molecular formula is C13H17ClN2O2S. The first-order valence-corrected chi connectivity index (χ1v) is 6.87. The van der Waals surface area contributed by atoms with Crippen molar-refractivity contribution in [2.24, 2.45) is 5.73 Å². The Labute approximate surface area is 123 Å². The van der Waals surface area contributed by atoms with Crippen molar-refractivity contribution in [3.05, 3.63) is 28.8 Å². The van der Waals surface area contributed by atoms with Crippen LogP contribution < -0.4 is 10.5 Å². The van der Waals surface area contributed by atoms with Crippen LogP contribution in [0.1, 0.15) is 5.56 Å². The topological polar surface area (TPSA) is 47.7 Å². The Balaban J connectivity index is 2.02. The number of ether oxygens (including phenoxy) is 2. The first-order chi connectivity index (χ1) is 9.06. The average Bonchev–Trinajstić information content (AvgIpc) is 2.36. The van der Waals surface area contributed by atoms with E-state index in [0.29, 0.717) is 27.9 Å². The smallest absolute Gasteiger partial charge is 0.131 e. The van der Waals surface area contributed by atoms with Gasteiger partial charge in [-0.2, -0.15) is 0 Å². The molecule has 1 saturated heterocycles. The molecule has 1 fully saturated rings. The third kappa shape index (κ3) is 4.04. The van der Waals surface area contributed by atoms with Gasteiger partial charge in [0, 0.05) is 18.1 Å². The maximum atomic E-state index is 5.96. The predicted octanol–water partition coefficient (Wildman–Crippen LogP) is 1.68. The minimum absolute atomic E-state index is 0.0527. The molecule has 1 unspecified atom stereocenters. The Bertz CT molecular complexity index is 470. The van der Waals surface area contributed by atoms with Gasteiger partial charge in [0.15, 0.2) is 0 Å². The van der Waals surface area contributed by atoms with Crippen LogP contribution in [0.4, 0.5) is 0 Å². The van der Waals surface area contributed by atoms with Gasteiger partial charge in [-0.15, -0.1) is 0 Å².